The lowest BCUT2D eigenvalue weighted by Crippen LogP contribution is -2.43. The average molecular weight is 508 g/mol. The van der Waals surface area contributed by atoms with Gasteiger partial charge >= 0.3 is 6.09 Å². The molecule has 3 aromatic rings. The van der Waals surface area contributed by atoms with Crippen LogP contribution in [0.5, 0.6) is 0 Å². The van der Waals surface area contributed by atoms with Crippen LogP contribution in [0.4, 0.5) is 16.6 Å². The summed E-state index contributed by atoms with van der Waals surface area (Å²) in [5, 5.41) is 0. The molecular formula is C25H33N9O3. The normalized spacial score (nSPS) is 22.6. The Morgan fingerprint density at radius 2 is 1.76 bits per heavy atom. The quantitative estimate of drug-likeness (QED) is 0.563. The molecule has 3 aliphatic heterocycles. The zero-order chi connectivity index (χ0) is 25.7. The van der Waals surface area contributed by atoms with Crippen LogP contribution in [0.15, 0.2) is 18.7 Å². The van der Waals surface area contributed by atoms with E-state index >= 15 is 0 Å². The van der Waals surface area contributed by atoms with Crippen molar-refractivity contribution in [1.29, 1.82) is 0 Å². The number of imidazole rings is 1. The average Bonchev–Trinajstić information content (AvgIpc) is 3.45. The van der Waals surface area contributed by atoms with Gasteiger partial charge in [0.25, 0.3) is 0 Å². The van der Waals surface area contributed by atoms with Crippen molar-refractivity contribution in [2.45, 2.75) is 70.3 Å². The standard InChI is InChI=1S/C25H33N9O3/c1-25(2,3)37-24(35)32-8-6-15(7-9-32)34-14-29-21-20(18-10-28-19(26)11-27-18)30-23(31-22(21)34)33-12-16-4-5-17(13-33)36-16/h10-11,14-17H,4-9,12-13H2,1-3H3,(H2,26,28). The predicted octanol–water partition coefficient (Wildman–Crippen LogP) is 2.81. The highest BCUT2D eigenvalue weighted by molar-refractivity contribution is 5.87. The van der Waals surface area contributed by atoms with E-state index in [0.29, 0.717) is 41.8 Å². The monoisotopic (exact) mass is 507 g/mol. The number of carbonyl (C=O) groups is 1. The van der Waals surface area contributed by atoms with Crippen LogP contribution in [-0.2, 0) is 9.47 Å². The Hall–Kier alpha value is -3.54. The molecule has 12 heteroatoms. The molecule has 2 bridgehead atoms. The maximum absolute atomic E-state index is 12.5. The fourth-order valence-electron chi connectivity index (χ4n) is 5.38. The molecule has 2 N–H and O–H groups in total. The number of piperidine rings is 1. The first-order chi connectivity index (χ1) is 17.7. The number of anilines is 2. The molecule has 1 amide bonds. The molecule has 37 heavy (non-hydrogen) atoms. The summed E-state index contributed by atoms with van der Waals surface area (Å²) < 4.78 is 13.7. The van der Waals surface area contributed by atoms with Crippen LogP contribution in [0.25, 0.3) is 22.6 Å². The van der Waals surface area contributed by atoms with Gasteiger partial charge in [-0.1, -0.05) is 0 Å². The number of carbonyl (C=O) groups excluding carboxylic acids is 1. The van der Waals surface area contributed by atoms with Crippen LogP contribution in [-0.4, -0.2) is 84.5 Å². The second kappa shape index (κ2) is 9.09. The van der Waals surface area contributed by atoms with E-state index in [9.17, 15) is 4.79 Å². The van der Waals surface area contributed by atoms with Gasteiger partial charge in [-0.25, -0.2) is 24.7 Å². The summed E-state index contributed by atoms with van der Waals surface area (Å²) in [6.07, 6.45) is 8.82. The summed E-state index contributed by atoms with van der Waals surface area (Å²) in [5.74, 6) is 0.996. The number of aromatic nitrogens is 6. The SMILES string of the molecule is CC(C)(C)OC(=O)N1CCC(n2cnc3c(-c4cnc(N)cn4)nc(N4CC5CCC(C4)O5)nc32)CC1. The number of amides is 1. The van der Waals surface area contributed by atoms with E-state index in [1.807, 2.05) is 27.1 Å². The number of fused-ring (bicyclic) bond motifs is 3. The Morgan fingerprint density at radius 3 is 2.41 bits per heavy atom. The molecule has 0 aromatic carbocycles. The first kappa shape index (κ1) is 23.8. The van der Waals surface area contributed by atoms with E-state index in [-0.39, 0.29) is 24.3 Å². The first-order valence-corrected chi connectivity index (χ1v) is 12.9. The lowest BCUT2D eigenvalue weighted by atomic mass is 10.1. The largest absolute Gasteiger partial charge is 0.444 e. The van der Waals surface area contributed by atoms with Crippen LogP contribution in [0.2, 0.25) is 0 Å². The van der Waals surface area contributed by atoms with Gasteiger partial charge in [0.15, 0.2) is 5.65 Å². The third kappa shape index (κ3) is 4.77. The van der Waals surface area contributed by atoms with Crippen molar-refractivity contribution in [3.05, 3.63) is 18.7 Å². The van der Waals surface area contributed by atoms with Crippen molar-refractivity contribution in [3.8, 4) is 11.4 Å². The smallest absolute Gasteiger partial charge is 0.410 e. The van der Waals surface area contributed by atoms with Gasteiger partial charge < -0.3 is 29.6 Å². The van der Waals surface area contributed by atoms with Crippen LogP contribution >= 0.6 is 0 Å². The summed E-state index contributed by atoms with van der Waals surface area (Å²) in [7, 11) is 0. The summed E-state index contributed by atoms with van der Waals surface area (Å²) in [6.45, 7) is 8.40. The maximum atomic E-state index is 12.5. The van der Waals surface area contributed by atoms with E-state index < -0.39 is 5.60 Å². The van der Waals surface area contributed by atoms with Gasteiger partial charge in [0, 0.05) is 32.2 Å². The number of nitrogens with two attached hydrogens (primary N) is 1. The number of nitrogens with zero attached hydrogens (tertiary/aromatic N) is 8. The van der Waals surface area contributed by atoms with Crippen LogP contribution in [0, 0.1) is 0 Å². The van der Waals surface area contributed by atoms with E-state index in [1.54, 1.807) is 11.1 Å². The summed E-state index contributed by atoms with van der Waals surface area (Å²) in [6, 6.07) is 0.151. The predicted molar refractivity (Wildman–Crippen MR) is 137 cm³/mol. The zero-order valence-corrected chi connectivity index (χ0v) is 21.5. The highest BCUT2D eigenvalue weighted by Crippen LogP contribution is 2.33. The molecule has 2 unspecified atom stereocenters. The maximum Gasteiger partial charge on any atom is 0.410 e. The van der Waals surface area contributed by atoms with Crippen LogP contribution in [0.1, 0.15) is 52.5 Å². The number of hydrogen-bond acceptors (Lipinski definition) is 10. The van der Waals surface area contributed by atoms with E-state index in [4.69, 9.17) is 30.2 Å². The molecule has 12 nitrogen and oxygen atoms in total. The second-order valence-corrected chi connectivity index (χ2v) is 11.1. The lowest BCUT2D eigenvalue weighted by molar-refractivity contribution is 0.0189. The van der Waals surface area contributed by atoms with Gasteiger partial charge in [-0.2, -0.15) is 4.98 Å². The third-order valence-corrected chi connectivity index (χ3v) is 7.16. The van der Waals surface area contributed by atoms with Crippen molar-refractivity contribution in [3.63, 3.8) is 0 Å². The van der Waals surface area contributed by atoms with E-state index in [1.165, 1.54) is 6.20 Å². The minimum Gasteiger partial charge on any atom is -0.444 e. The van der Waals surface area contributed by atoms with Gasteiger partial charge in [-0.15, -0.1) is 0 Å². The number of rotatable bonds is 3. The van der Waals surface area contributed by atoms with Crippen molar-refractivity contribution < 1.29 is 14.3 Å². The Bertz CT molecular complexity index is 1280. The van der Waals surface area contributed by atoms with Crippen molar-refractivity contribution in [1.82, 2.24) is 34.4 Å². The Morgan fingerprint density at radius 1 is 1.03 bits per heavy atom. The van der Waals surface area contributed by atoms with Crippen LogP contribution in [0.3, 0.4) is 0 Å². The summed E-state index contributed by atoms with van der Waals surface area (Å²) in [4.78, 5) is 39.9. The van der Waals surface area contributed by atoms with Crippen LogP contribution < -0.4 is 10.6 Å². The molecule has 196 valence electrons. The highest BCUT2D eigenvalue weighted by Gasteiger charge is 2.36. The molecule has 0 aliphatic carbocycles. The fraction of sp³-hybridized carbons (Fsp3) is 0.600. The minimum atomic E-state index is -0.512. The molecule has 0 saturated carbocycles. The zero-order valence-electron chi connectivity index (χ0n) is 21.5. The van der Waals surface area contributed by atoms with Gasteiger partial charge in [-0.3, -0.25) is 0 Å². The molecule has 3 aliphatic rings. The number of hydrogen-bond donors (Lipinski definition) is 1. The van der Waals surface area contributed by atoms with E-state index in [0.717, 1.165) is 44.4 Å². The number of nitrogen functional groups attached to an aromatic ring is 1. The molecule has 3 fully saturated rings. The number of likely N-dealkylation sites (tertiary alicyclic amines) is 1. The van der Waals surface area contributed by atoms with Crippen molar-refractivity contribution in [2.75, 3.05) is 36.8 Å². The van der Waals surface area contributed by atoms with Crippen molar-refractivity contribution >= 4 is 29.0 Å². The summed E-state index contributed by atoms with van der Waals surface area (Å²) >= 11 is 0. The Balaban J connectivity index is 1.32. The minimum absolute atomic E-state index is 0.151. The molecular weight excluding hydrogens is 474 g/mol. The van der Waals surface area contributed by atoms with Gasteiger partial charge in [0.2, 0.25) is 5.95 Å². The molecule has 6 rings (SSSR count). The topological polar surface area (TPSA) is 137 Å². The lowest BCUT2D eigenvalue weighted by Gasteiger charge is -2.34. The molecule has 0 radical (unpaired) electrons. The Labute approximate surface area is 215 Å². The molecule has 3 saturated heterocycles. The third-order valence-electron chi connectivity index (χ3n) is 7.16. The molecule has 6 heterocycles. The molecule has 0 spiro atoms. The molecule has 2 atom stereocenters. The summed E-state index contributed by atoms with van der Waals surface area (Å²) in [5.41, 5.74) is 7.94. The van der Waals surface area contributed by atoms with Gasteiger partial charge in [0.05, 0.1) is 30.9 Å². The fourth-order valence-corrected chi connectivity index (χ4v) is 5.38. The Kier molecular flexibility index (Phi) is 5.85. The van der Waals surface area contributed by atoms with Gasteiger partial charge in [0.1, 0.15) is 28.3 Å². The number of morpholine rings is 1. The molecule has 3 aromatic heterocycles. The number of ether oxygens (including phenoxy) is 2. The van der Waals surface area contributed by atoms with Gasteiger partial charge in [-0.05, 0) is 46.5 Å². The van der Waals surface area contributed by atoms with E-state index in [2.05, 4.69) is 19.4 Å². The first-order valence-electron chi connectivity index (χ1n) is 12.9. The highest BCUT2D eigenvalue weighted by atomic mass is 16.6. The second-order valence-electron chi connectivity index (χ2n) is 11.1. The van der Waals surface area contributed by atoms with Crippen molar-refractivity contribution in [2.24, 2.45) is 0 Å².